The molecule has 1 fully saturated rings. The zero-order valence-corrected chi connectivity index (χ0v) is 8.71. The molecule has 0 radical (unpaired) electrons. The SMILES string of the molecule is CCC(C)CNC1CCCC1C#N. The lowest BCUT2D eigenvalue weighted by Gasteiger charge is -2.18. The van der Waals surface area contributed by atoms with Gasteiger partial charge in [0.1, 0.15) is 0 Å². The largest absolute Gasteiger partial charge is 0.312 e. The first kappa shape index (κ1) is 10.5. The van der Waals surface area contributed by atoms with Crippen LogP contribution in [0, 0.1) is 23.2 Å². The lowest BCUT2D eigenvalue weighted by atomic mass is 10.0. The maximum atomic E-state index is 8.87. The van der Waals surface area contributed by atoms with Gasteiger partial charge in [0.2, 0.25) is 0 Å². The highest BCUT2D eigenvalue weighted by Crippen LogP contribution is 2.24. The van der Waals surface area contributed by atoms with Gasteiger partial charge in [-0.2, -0.15) is 5.26 Å². The maximum absolute atomic E-state index is 8.87. The fraction of sp³-hybridized carbons (Fsp3) is 0.909. The standard InChI is InChI=1S/C11H20N2/c1-3-9(2)8-13-11-6-4-5-10(11)7-12/h9-11,13H,3-6,8H2,1-2H3. The van der Waals surface area contributed by atoms with Crippen LogP contribution in [0.5, 0.6) is 0 Å². The highest BCUT2D eigenvalue weighted by molar-refractivity contribution is 4.96. The maximum Gasteiger partial charge on any atom is 0.0672 e. The van der Waals surface area contributed by atoms with Gasteiger partial charge in [0.15, 0.2) is 0 Å². The summed E-state index contributed by atoms with van der Waals surface area (Å²) in [5.41, 5.74) is 0. The number of hydrogen-bond acceptors (Lipinski definition) is 2. The molecule has 2 nitrogen and oxygen atoms in total. The Bertz CT molecular complexity index is 183. The van der Waals surface area contributed by atoms with Crippen molar-refractivity contribution in [2.24, 2.45) is 11.8 Å². The van der Waals surface area contributed by atoms with Crippen LogP contribution in [0.1, 0.15) is 39.5 Å². The van der Waals surface area contributed by atoms with E-state index in [1.807, 2.05) is 0 Å². The Labute approximate surface area is 81.3 Å². The van der Waals surface area contributed by atoms with Gasteiger partial charge in [0.25, 0.3) is 0 Å². The summed E-state index contributed by atoms with van der Waals surface area (Å²) < 4.78 is 0. The first-order valence-corrected chi connectivity index (χ1v) is 5.41. The van der Waals surface area contributed by atoms with Crippen LogP contribution in [-0.4, -0.2) is 12.6 Å². The van der Waals surface area contributed by atoms with Gasteiger partial charge >= 0.3 is 0 Å². The molecule has 2 heteroatoms. The summed E-state index contributed by atoms with van der Waals surface area (Å²) in [5, 5.41) is 12.4. The quantitative estimate of drug-likeness (QED) is 0.720. The molecule has 0 amide bonds. The van der Waals surface area contributed by atoms with Crippen LogP contribution in [0.4, 0.5) is 0 Å². The Morgan fingerprint density at radius 1 is 1.54 bits per heavy atom. The predicted molar refractivity (Wildman–Crippen MR) is 54.2 cm³/mol. The zero-order chi connectivity index (χ0) is 9.68. The van der Waals surface area contributed by atoms with Crippen LogP contribution in [0.3, 0.4) is 0 Å². The highest BCUT2D eigenvalue weighted by Gasteiger charge is 2.26. The minimum atomic E-state index is 0.268. The van der Waals surface area contributed by atoms with Crippen LogP contribution in [0.2, 0.25) is 0 Å². The summed E-state index contributed by atoms with van der Waals surface area (Å²) in [4.78, 5) is 0. The Balaban J connectivity index is 2.24. The lowest BCUT2D eigenvalue weighted by Crippen LogP contribution is -2.34. The Morgan fingerprint density at radius 3 is 2.92 bits per heavy atom. The molecule has 0 saturated heterocycles. The van der Waals surface area contributed by atoms with E-state index in [1.165, 1.54) is 19.3 Å². The third kappa shape index (κ3) is 3.00. The average Bonchev–Trinajstić information content (AvgIpc) is 2.61. The molecule has 1 saturated carbocycles. The molecule has 0 bridgehead atoms. The van der Waals surface area contributed by atoms with E-state index in [4.69, 9.17) is 5.26 Å². The Morgan fingerprint density at radius 2 is 2.31 bits per heavy atom. The van der Waals surface area contributed by atoms with E-state index in [2.05, 4.69) is 25.2 Å². The first-order valence-electron chi connectivity index (χ1n) is 5.41. The van der Waals surface area contributed by atoms with Crippen molar-refractivity contribution in [2.45, 2.75) is 45.6 Å². The van der Waals surface area contributed by atoms with Gasteiger partial charge in [-0.1, -0.05) is 26.7 Å². The van der Waals surface area contributed by atoms with Crippen LogP contribution in [-0.2, 0) is 0 Å². The smallest absolute Gasteiger partial charge is 0.0672 e. The van der Waals surface area contributed by atoms with Gasteiger partial charge in [-0.3, -0.25) is 0 Å². The van der Waals surface area contributed by atoms with E-state index >= 15 is 0 Å². The summed E-state index contributed by atoms with van der Waals surface area (Å²) >= 11 is 0. The van der Waals surface area contributed by atoms with E-state index in [9.17, 15) is 0 Å². The molecule has 0 aromatic rings. The van der Waals surface area contributed by atoms with Gasteiger partial charge in [-0.15, -0.1) is 0 Å². The molecule has 1 N–H and O–H groups in total. The van der Waals surface area contributed by atoms with Crippen LogP contribution in [0.25, 0.3) is 0 Å². The minimum Gasteiger partial charge on any atom is -0.312 e. The molecule has 0 aliphatic heterocycles. The van der Waals surface area contributed by atoms with Gasteiger partial charge < -0.3 is 5.32 Å². The molecule has 0 aromatic heterocycles. The summed E-state index contributed by atoms with van der Waals surface area (Å²) in [6, 6.07) is 2.86. The van der Waals surface area contributed by atoms with Crippen LogP contribution in [0.15, 0.2) is 0 Å². The molecule has 13 heavy (non-hydrogen) atoms. The Kier molecular flexibility index (Phi) is 4.24. The lowest BCUT2D eigenvalue weighted by molar-refractivity contribution is 0.410. The minimum absolute atomic E-state index is 0.268. The topological polar surface area (TPSA) is 35.8 Å². The summed E-state index contributed by atoms with van der Waals surface area (Å²) in [5.74, 6) is 1.00. The van der Waals surface area contributed by atoms with Crippen LogP contribution < -0.4 is 5.32 Å². The van der Waals surface area contributed by atoms with Crippen molar-refractivity contribution >= 4 is 0 Å². The molecule has 0 aromatic carbocycles. The van der Waals surface area contributed by atoms with Crippen LogP contribution >= 0.6 is 0 Å². The number of rotatable bonds is 4. The molecular formula is C11H20N2. The molecule has 0 heterocycles. The zero-order valence-electron chi connectivity index (χ0n) is 8.71. The van der Waals surface area contributed by atoms with E-state index < -0.39 is 0 Å². The summed E-state index contributed by atoms with van der Waals surface area (Å²) in [6.07, 6.45) is 4.72. The molecule has 3 unspecified atom stereocenters. The molecule has 3 atom stereocenters. The fourth-order valence-corrected chi connectivity index (χ4v) is 1.86. The first-order chi connectivity index (χ1) is 6.27. The number of nitriles is 1. The second-order valence-electron chi connectivity index (χ2n) is 4.19. The van der Waals surface area contributed by atoms with E-state index in [0.29, 0.717) is 6.04 Å². The normalized spacial score (nSPS) is 29.9. The molecule has 1 aliphatic rings. The van der Waals surface area contributed by atoms with E-state index in [0.717, 1.165) is 18.9 Å². The van der Waals surface area contributed by atoms with Crippen molar-refractivity contribution in [3.63, 3.8) is 0 Å². The average molecular weight is 180 g/mol. The number of hydrogen-bond donors (Lipinski definition) is 1. The molecule has 1 aliphatic carbocycles. The second-order valence-corrected chi connectivity index (χ2v) is 4.19. The summed E-state index contributed by atoms with van der Waals surface area (Å²) in [7, 11) is 0. The highest BCUT2D eigenvalue weighted by atomic mass is 14.9. The van der Waals surface area contributed by atoms with Gasteiger partial charge in [0.05, 0.1) is 12.0 Å². The van der Waals surface area contributed by atoms with Gasteiger partial charge in [-0.05, 0) is 25.3 Å². The van der Waals surface area contributed by atoms with Crippen molar-refractivity contribution in [3.05, 3.63) is 0 Å². The monoisotopic (exact) mass is 180 g/mol. The van der Waals surface area contributed by atoms with Crippen molar-refractivity contribution in [3.8, 4) is 6.07 Å². The molecule has 1 rings (SSSR count). The second kappa shape index (κ2) is 5.24. The van der Waals surface area contributed by atoms with Crippen molar-refractivity contribution in [1.29, 1.82) is 5.26 Å². The number of nitrogens with one attached hydrogen (secondary N) is 1. The Hall–Kier alpha value is -0.550. The third-order valence-electron chi connectivity index (χ3n) is 3.11. The van der Waals surface area contributed by atoms with Gasteiger partial charge in [-0.25, -0.2) is 0 Å². The van der Waals surface area contributed by atoms with Crippen molar-refractivity contribution in [2.75, 3.05) is 6.54 Å². The third-order valence-corrected chi connectivity index (χ3v) is 3.11. The summed E-state index contributed by atoms with van der Waals surface area (Å²) in [6.45, 7) is 5.53. The van der Waals surface area contributed by atoms with E-state index in [1.54, 1.807) is 0 Å². The number of nitrogens with zero attached hydrogens (tertiary/aromatic N) is 1. The predicted octanol–water partition coefficient (Wildman–Crippen LogP) is 2.31. The van der Waals surface area contributed by atoms with Crippen molar-refractivity contribution < 1.29 is 0 Å². The fourth-order valence-electron chi connectivity index (χ4n) is 1.86. The van der Waals surface area contributed by atoms with E-state index in [-0.39, 0.29) is 5.92 Å². The van der Waals surface area contributed by atoms with Gasteiger partial charge in [0, 0.05) is 6.04 Å². The van der Waals surface area contributed by atoms with Crippen molar-refractivity contribution in [1.82, 2.24) is 5.32 Å². The molecule has 0 spiro atoms. The molecular weight excluding hydrogens is 160 g/mol. The molecule has 74 valence electrons.